The predicted octanol–water partition coefficient (Wildman–Crippen LogP) is 1.62. The normalized spacial score (nSPS) is 12.4. The fourth-order valence-corrected chi connectivity index (χ4v) is 1.34. The zero-order valence-electron chi connectivity index (χ0n) is 8.56. The van der Waals surface area contributed by atoms with Gasteiger partial charge in [-0.05, 0) is 24.1 Å². The third-order valence-electron chi connectivity index (χ3n) is 2.14. The zero-order valence-corrected chi connectivity index (χ0v) is 8.56. The van der Waals surface area contributed by atoms with Crippen LogP contribution in [0, 0.1) is 0 Å². The lowest BCUT2D eigenvalue weighted by molar-refractivity contribution is -0.128. The molecule has 1 rings (SSSR count). The van der Waals surface area contributed by atoms with Gasteiger partial charge in [-0.15, -0.1) is 0 Å². The second-order valence-electron chi connectivity index (χ2n) is 3.13. The highest BCUT2D eigenvalue weighted by Crippen LogP contribution is 2.05. The summed E-state index contributed by atoms with van der Waals surface area (Å²) in [6.45, 7) is 1.94. The number of hydrogen-bond donors (Lipinski definition) is 0. The van der Waals surface area contributed by atoms with Crippen molar-refractivity contribution in [3.05, 3.63) is 30.1 Å². The van der Waals surface area contributed by atoms with Crippen LogP contribution in [0.3, 0.4) is 0 Å². The highest BCUT2D eigenvalue weighted by atomic mass is 16.5. The Kier molecular flexibility index (Phi) is 4.26. The van der Waals surface area contributed by atoms with Crippen molar-refractivity contribution < 1.29 is 9.53 Å². The Bertz CT molecular complexity index is 281. The van der Waals surface area contributed by atoms with Crippen molar-refractivity contribution in [2.45, 2.75) is 25.9 Å². The molecule has 1 atom stereocenters. The molecule has 14 heavy (non-hydrogen) atoms. The number of ketones is 1. The predicted molar refractivity (Wildman–Crippen MR) is 54.0 cm³/mol. The van der Waals surface area contributed by atoms with Crippen LogP contribution in [-0.4, -0.2) is 24.0 Å². The maximum absolute atomic E-state index is 11.6. The van der Waals surface area contributed by atoms with E-state index < -0.39 is 0 Å². The standard InChI is InChI=1S/C11H15NO2/c1-3-11(14-2)10(13)8-9-4-6-12-7-5-9/h4-7,11H,3,8H2,1-2H3. The van der Waals surface area contributed by atoms with Crippen molar-refractivity contribution in [3.8, 4) is 0 Å². The fraction of sp³-hybridized carbons (Fsp3) is 0.455. The Balaban J connectivity index is 2.57. The van der Waals surface area contributed by atoms with Crippen LogP contribution in [0.2, 0.25) is 0 Å². The second kappa shape index (κ2) is 5.50. The molecule has 3 heteroatoms. The number of nitrogens with zero attached hydrogens (tertiary/aromatic N) is 1. The van der Waals surface area contributed by atoms with E-state index in [0.717, 1.165) is 12.0 Å². The van der Waals surface area contributed by atoms with E-state index in [-0.39, 0.29) is 11.9 Å². The minimum absolute atomic E-state index is 0.126. The molecule has 0 fully saturated rings. The molecule has 0 saturated carbocycles. The largest absolute Gasteiger partial charge is 0.374 e. The summed E-state index contributed by atoms with van der Waals surface area (Å²) in [6.07, 6.45) is 4.25. The first-order chi connectivity index (χ1) is 6.77. The Morgan fingerprint density at radius 1 is 1.50 bits per heavy atom. The summed E-state index contributed by atoms with van der Waals surface area (Å²) in [5, 5.41) is 0. The van der Waals surface area contributed by atoms with Crippen molar-refractivity contribution in [3.63, 3.8) is 0 Å². The van der Waals surface area contributed by atoms with Crippen LogP contribution >= 0.6 is 0 Å². The summed E-state index contributed by atoms with van der Waals surface area (Å²) >= 11 is 0. The topological polar surface area (TPSA) is 39.2 Å². The molecule has 0 N–H and O–H groups in total. The van der Waals surface area contributed by atoms with Gasteiger partial charge >= 0.3 is 0 Å². The maximum atomic E-state index is 11.6. The molecule has 76 valence electrons. The quantitative estimate of drug-likeness (QED) is 0.713. The molecular weight excluding hydrogens is 178 g/mol. The average Bonchev–Trinajstić information content (AvgIpc) is 2.21. The lowest BCUT2D eigenvalue weighted by atomic mass is 10.1. The van der Waals surface area contributed by atoms with Crippen LogP contribution in [0.4, 0.5) is 0 Å². The van der Waals surface area contributed by atoms with Gasteiger partial charge < -0.3 is 4.74 Å². The maximum Gasteiger partial charge on any atom is 0.165 e. The van der Waals surface area contributed by atoms with Gasteiger partial charge in [0, 0.05) is 25.9 Å². The van der Waals surface area contributed by atoms with E-state index in [0.29, 0.717) is 6.42 Å². The van der Waals surface area contributed by atoms with Gasteiger partial charge in [-0.25, -0.2) is 0 Å². The molecule has 1 aromatic heterocycles. The molecule has 0 spiro atoms. The first-order valence-corrected chi connectivity index (χ1v) is 4.72. The molecule has 1 unspecified atom stereocenters. The fourth-order valence-electron chi connectivity index (χ4n) is 1.34. The van der Waals surface area contributed by atoms with Crippen LogP contribution in [-0.2, 0) is 16.0 Å². The summed E-state index contributed by atoms with van der Waals surface area (Å²) < 4.78 is 5.07. The molecule has 3 nitrogen and oxygen atoms in total. The van der Waals surface area contributed by atoms with E-state index in [2.05, 4.69) is 4.98 Å². The molecule has 0 bridgehead atoms. The molecular formula is C11H15NO2. The number of methoxy groups -OCH3 is 1. The highest BCUT2D eigenvalue weighted by molar-refractivity contribution is 5.85. The molecule has 0 radical (unpaired) electrons. The van der Waals surface area contributed by atoms with E-state index >= 15 is 0 Å². The number of carbonyl (C=O) groups is 1. The number of carbonyl (C=O) groups excluding carboxylic acids is 1. The molecule has 1 heterocycles. The molecule has 0 aliphatic heterocycles. The van der Waals surface area contributed by atoms with Crippen molar-refractivity contribution in [2.24, 2.45) is 0 Å². The van der Waals surface area contributed by atoms with Gasteiger partial charge in [0.2, 0.25) is 0 Å². The second-order valence-corrected chi connectivity index (χ2v) is 3.13. The van der Waals surface area contributed by atoms with Gasteiger partial charge in [-0.3, -0.25) is 9.78 Å². The number of Topliss-reactive ketones (excluding diaryl/α,β-unsaturated/α-hetero) is 1. The monoisotopic (exact) mass is 193 g/mol. The molecule has 0 amide bonds. The smallest absolute Gasteiger partial charge is 0.165 e. The zero-order chi connectivity index (χ0) is 10.4. The van der Waals surface area contributed by atoms with E-state index in [1.807, 2.05) is 19.1 Å². The van der Waals surface area contributed by atoms with Gasteiger partial charge in [0.05, 0.1) is 0 Å². The summed E-state index contributed by atoms with van der Waals surface area (Å²) in [6, 6.07) is 3.70. The van der Waals surface area contributed by atoms with Gasteiger partial charge in [-0.1, -0.05) is 6.92 Å². The minimum atomic E-state index is -0.275. The molecule has 1 aromatic rings. The molecule has 0 aliphatic rings. The number of aromatic nitrogens is 1. The Morgan fingerprint density at radius 3 is 2.64 bits per heavy atom. The number of ether oxygens (including phenoxy) is 1. The molecule has 0 aromatic carbocycles. The van der Waals surface area contributed by atoms with Crippen molar-refractivity contribution >= 4 is 5.78 Å². The SMILES string of the molecule is CCC(OC)C(=O)Cc1ccncc1. The minimum Gasteiger partial charge on any atom is -0.374 e. The molecule has 0 aliphatic carbocycles. The first kappa shape index (κ1) is 10.9. The van der Waals surface area contributed by atoms with Crippen molar-refractivity contribution in [1.29, 1.82) is 0 Å². The van der Waals surface area contributed by atoms with Gasteiger partial charge in [0.1, 0.15) is 6.10 Å². The van der Waals surface area contributed by atoms with E-state index in [4.69, 9.17) is 4.74 Å². The van der Waals surface area contributed by atoms with Crippen LogP contribution in [0.15, 0.2) is 24.5 Å². The third kappa shape index (κ3) is 2.92. The van der Waals surface area contributed by atoms with E-state index in [1.165, 1.54) is 0 Å². The third-order valence-corrected chi connectivity index (χ3v) is 2.14. The Morgan fingerprint density at radius 2 is 2.14 bits per heavy atom. The summed E-state index contributed by atoms with van der Waals surface area (Å²) in [5.74, 6) is 0.126. The van der Waals surface area contributed by atoms with Gasteiger partial charge in [-0.2, -0.15) is 0 Å². The summed E-state index contributed by atoms with van der Waals surface area (Å²) in [4.78, 5) is 15.5. The van der Waals surface area contributed by atoms with Crippen LogP contribution in [0.5, 0.6) is 0 Å². The lowest BCUT2D eigenvalue weighted by Crippen LogP contribution is -2.23. The van der Waals surface area contributed by atoms with E-state index in [9.17, 15) is 4.79 Å². The highest BCUT2D eigenvalue weighted by Gasteiger charge is 2.15. The number of hydrogen-bond acceptors (Lipinski definition) is 3. The van der Waals surface area contributed by atoms with Gasteiger partial charge in [0.15, 0.2) is 5.78 Å². The summed E-state index contributed by atoms with van der Waals surface area (Å²) in [5.41, 5.74) is 0.987. The first-order valence-electron chi connectivity index (χ1n) is 4.72. The number of rotatable bonds is 5. The van der Waals surface area contributed by atoms with Crippen LogP contribution in [0.1, 0.15) is 18.9 Å². The Hall–Kier alpha value is -1.22. The lowest BCUT2D eigenvalue weighted by Gasteiger charge is -2.11. The van der Waals surface area contributed by atoms with Crippen molar-refractivity contribution in [1.82, 2.24) is 4.98 Å². The average molecular weight is 193 g/mol. The number of pyridine rings is 1. The Labute approximate surface area is 84.1 Å². The van der Waals surface area contributed by atoms with Crippen molar-refractivity contribution in [2.75, 3.05) is 7.11 Å². The summed E-state index contributed by atoms with van der Waals surface area (Å²) in [7, 11) is 1.57. The van der Waals surface area contributed by atoms with E-state index in [1.54, 1.807) is 19.5 Å². The molecule has 0 saturated heterocycles. The van der Waals surface area contributed by atoms with Gasteiger partial charge in [0.25, 0.3) is 0 Å². The van der Waals surface area contributed by atoms with Crippen LogP contribution < -0.4 is 0 Å². The van der Waals surface area contributed by atoms with Crippen LogP contribution in [0.25, 0.3) is 0 Å².